The quantitative estimate of drug-likeness (QED) is 0.596. The number of amides is 1. The number of hydrogen-bond acceptors (Lipinski definition) is 3. The van der Waals surface area contributed by atoms with Gasteiger partial charge in [0.15, 0.2) is 5.96 Å². The first kappa shape index (κ1) is 22.6. The molecule has 2 aliphatic heterocycles. The first-order chi connectivity index (χ1) is 14.5. The second-order valence-corrected chi connectivity index (χ2v) is 9.07. The third-order valence-electron chi connectivity index (χ3n) is 6.22. The Morgan fingerprint density at radius 2 is 1.63 bits per heavy atom. The van der Waals surface area contributed by atoms with Crippen molar-refractivity contribution in [2.24, 2.45) is 16.8 Å². The zero-order chi connectivity index (χ0) is 21.5. The lowest BCUT2D eigenvalue weighted by molar-refractivity contribution is -0.130. The zero-order valence-corrected chi connectivity index (χ0v) is 19.2. The number of aliphatic imine (C=N–C) groups is 1. The van der Waals surface area contributed by atoms with Gasteiger partial charge in [0.25, 0.3) is 0 Å². The minimum absolute atomic E-state index is 0.159. The molecule has 1 N–H and O–H groups in total. The summed E-state index contributed by atoms with van der Waals surface area (Å²) < 4.78 is 0. The summed E-state index contributed by atoms with van der Waals surface area (Å²) >= 11 is 0. The molecule has 0 bridgehead atoms. The first-order valence-electron chi connectivity index (χ1n) is 11.5. The van der Waals surface area contributed by atoms with Gasteiger partial charge < -0.3 is 15.1 Å². The summed E-state index contributed by atoms with van der Waals surface area (Å²) in [6, 6.07) is 8.74. The van der Waals surface area contributed by atoms with Crippen molar-refractivity contribution in [3.05, 3.63) is 35.4 Å². The number of nitrogens with zero attached hydrogens (tertiary/aromatic N) is 4. The smallest absolute Gasteiger partial charge is 0.219 e. The van der Waals surface area contributed by atoms with Crippen molar-refractivity contribution in [3.8, 4) is 0 Å². The molecule has 30 heavy (non-hydrogen) atoms. The van der Waals surface area contributed by atoms with Gasteiger partial charge in [-0.05, 0) is 36.3 Å². The molecule has 6 nitrogen and oxygen atoms in total. The molecular formula is C24H39N5O. The Morgan fingerprint density at radius 1 is 1.03 bits per heavy atom. The summed E-state index contributed by atoms with van der Waals surface area (Å²) in [5.74, 6) is 2.66. The zero-order valence-electron chi connectivity index (χ0n) is 19.2. The van der Waals surface area contributed by atoms with Crippen molar-refractivity contribution in [2.75, 3.05) is 45.8 Å². The molecule has 2 atom stereocenters. The normalized spacial score (nSPS) is 23.5. The molecule has 2 fully saturated rings. The monoisotopic (exact) mass is 413 g/mol. The Bertz CT molecular complexity index is 716. The third kappa shape index (κ3) is 6.21. The molecule has 1 amide bonds. The lowest BCUT2D eigenvalue weighted by Gasteiger charge is -2.36. The van der Waals surface area contributed by atoms with Crippen molar-refractivity contribution >= 4 is 11.9 Å². The summed E-state index contributed by atoms with van der Waals surface area (Å²) in [5.41, 5.74) is 2.70. The van der Waals surface area contributed by atoms with Gasteiger partial charge >= 0.3 is 0 Å². The van der Waals surface area contributed by atoms with Crippen molar-refractivity contribution in [3.63, 3.8) is 0 Å². The van der Waals surface area contributed by atoms with Crippen LogP contribution in [0.15, 0.2) is 29.3 Å². The molecule has 0 aliphatic carbocycles. The summed E-state index contributed by atoms with van der Waals surface area (Å²) in [6.45, 7) is 16.6. The van der Waals surface area contributed by atoms with Crippen LogP contribution < -0.4 is 5.32 Å². The molecule has 0 saturated carbocycles. The largest absolute Gasteiger partial charge is 0.357 e. The number of carbonyl (C=O) groups is 1. The van der Waals surface area contributed by atoms with E-state index in [0.717, 1.165) is 57.1 Å². The molecule has 2 unspecified atom stereocenters. The highest BCUT2D eigenvalue weighted by Gasteiger charge is 2.23. The Balaban J connectivity index is 1.67. The minimum Gasteiger partial charge on any atom is -0.357 e. The third-order valence-corrected chi connectivity index (χ3v) is 6.22. The van der Waals surface area contributed by atoms with E-state index in [2.05, 4.69) is 60.2 Å². The molecule has 2 aliphatic rings. The van der Waals surface area contributed by atoms with Crippen LogP contribution in [-0.2, 0) is 17.9 Å². The van der Waals surface area contributed by atoms with E-state index in [1.165, 1.54) is 30.6 Å². The predicted octanol–water partition coefficient (Wildman–Crippen LogP) is 2.79. The number of nitrogens with one attached hydrogen (secondary N) is 1. The maximum atomic E-state index is 11.6. The maximum absolute atomic E-state index is 11.6. The summed E-state index contributed by atoms with van der Waals surface area (Å²) in [4.78, 5) is 23.4. The van der Waals surface area contributed by atoms with Gasteiger partial charge in [0.05, 0.1) is 6.54 Å². The Hall–Kier alpha value is -2.08. The lowest BCUT2D eigenvalue weighted by Crippen LogP contribution is -2.53. The molecule has 0 radical (unpaired) electrons. The van der Waals surface area contributed by atoms with Crippen LogP contribution in [0.1, 0.15) is 45.2 Å². The maximum Gasteiger partial charge on any atom is 0.219 e. The first-order valence-corrected chi connectivity index (χ1v) is 11.5. The average Bonchev–Trinajstić information content (AvgIpc) is 2.71. The SMILES string of the molecule is CCNC(=NCc1ccccc1CN1CC(C)CC(C)C1)N1CCN(C(C)=O)CC1. The highest BCUT2D eigenvalue weighted by molar-refractivity contribution is 5.80. The van der Waals surface area contributed by atoms with E-state index in [9.17, 15) is 4.79 Å². The number of likely N-dealkylation sites (tertiary alicyclic amines) is 1. The van der Waals surface area contributed by atoms with E-state index in [0.29, 0.717) is 6.54 Å². The molecule has 166 valence electrons. The Labute approximate surface area is 182 Å². The molecule has 0 spiro atoms. The van der Waals surface area contributed by atoms with E-state index < -0.39 is 0 Å². The molecular weight excluding hydrogens is 374 g/mol. The number of hydrogen-bond donors (Lipinski definition) is 1. The Kier molecular flexibility index (Phi) is 8.14. The van der Waals surface area contributed by atoms with Gasteiger partial charge in [-0.15, -0.1) is 0 Å². The second kappa shape index (κ2) is 10.8. The van der Waals surface area contributed by atoms with E-state index in [-0.39, 0.29) is 5.91 Å². The molecule has 1 aromatic carbocycles. The second-order valence-electron chi connectivity index (χ2n) is 9.07. The molecule has 0 aromatic heterocycles. The average molecular weight is 414 g/mol. The van der Waals surface area contributed by atoms with Gasteiger partial charge in [0.1, 0.15) is 0 Å². The van der Waals surface area contributed by atoms with E-state index in [4.69, 9.17) is 4.99 Å². The van der Waals surface area contributed by atoms with E-state index >= 15 is 0 Å². The highest BCUT2D eigenvalue weighted by Crippen LogP contribution is 2.23. The molecule has 2 saturated heterocycles. The topological polar surface area (TPSA) is 51.2 Å². The number of piperidine rings is 1. The predicted molar refractivity (Wildman–Crippen MR) is 123 cm³/mol. The van der Waals surface area contributed by atoms with Gasteiger partial charge in [0, 0.05) is 59.3 Å². The van der Waals surface area contributed by atoms with Crippen LogP contribution in [0.5, 0.6) is 0 Å². The number of benzene rings is 1. The van der Waals surface area contributed by atoms with Gasteiger partial charge in [-0.2, -0.15) is 0 Å². The van der Waals surface area contributed by atoms with Gasteiger partial charge in [-0.3, -0.25) is 9.69 Å². The molecule has 6 heteroatoms. The molecule has 2 heterocycles. The van der Waals surface area contributed by atoms with Crippen molar-refractivity contribution in [2.45, 2.75) is 47.2 Å². The fraction of sp³-hybridized carbons (Fsp3) is 0.667. The number of guanidine groups is 1. The van der Waals surface area contributed by atoms with Crippen LogP contribution in [0.25, 0.3) is 0 Å². The van der Waals surface area contributed by atoms with Crippen molar-refractivity contribution in [1.82, 2.24) is 20.0 Å². The summed E-state index contributed by atoms with van der Waals surface area (Å²) in [7, 11) is 0. The van der Waals surface area contributed by atoms with Crippen LogP contribution >= 0.6 is 0 Å². The van der Waals surface area contributed by atoms with E-state index in [1.54, 1.807) is 6.92 Å². The van der Waals surface area contributed by atoms with Crippen LogP contribution in [-0.4, -0.2) is 72.4 Å². The standard InChI is InChI=1S/C24H39N5O/c1-5-25-24(29-12-10-28(11-13-29)21(4)30)26-15-22-8-6-7-9-23(22)18-27-16-19(2)14-20(3)17-27/h6-9,19-20H,5,10-18H2,1-4H3,(H,25,26). The van der Waals surface area contributed by atoms with Gasteiger partial charge in [0.2, 0.25) is 5.91 Å². The van der Waals surface area contributed by atoms with Crippen LogP contribution in [0.3, 0.4) is 0 Å². The highest BCUT2D eigenvalue weighted by atomic mass is 16.2. The summed E-state index contributed by atoms with van der Waals surface area (Å²) in [6.07, 6.45) is 1.34. The van der Waals surface area contributed by atoms with Crippen molar-refractivity contribution in [1.29, 1.82) is 0 Å². The van der Waals surface area contributed by atoms with Crippen LogP contribution in [0.4, 0.5) is 0 Å². The lowest BCUT2D eigenvalue weighted by atomic mass is 9.91. The van der Waals surface area contributed by atoms with Gasteiger partial charge in [-0.25, -0.2) is 4.99 Å². The molecule has 3 rings (SSSR count). The fourth-order valence-electron chi connectivity index (χ4n) is 4.85. The Morgan fingerprint density at radius 3 is 2.23 bits per heavy atom. The summed E-state index contributed by atoms with van der Waals surface area (Å²) in [5, 5.41) is 3.44. The fourth-order valence-corrected chi connectivity index (χ4v) is 4.85. The number of piperazine rings is 1. The minimum atomic E-state index is 0.159. The van der Waals surface area contributed by atoms with Crippen LogP contribution in [0.2, 0.25) is 0 Å². The van der Waals surface area contributed by atoms with Crippen LogP contribution in [0, 0.1) is 11.8 Å². The molecule has 1 aromatic rings. The number of carbonyl (C=O) groups excluding carboxylic acids is 1. The van der Waals surface area contributed by atoms with E-state index in [1.807, 2.05) is 4.90 Å². The van der Waals surface area contributed by atoms with Crippen molar-refractivity contribution < 1.29 is 4.79 Å². The van der Waals surface area contributed by atoms with Gasteiger partial charge in [-0.1, -0.05) is 38.1 Å². The number of rotatable bonds is 5.